The highest BCUT2D eigenvalue weighted by molar-refractivity contribution is 6.31. The predicted octanol–water partition coefficient (Wildman–Crippen LogP) is 3.22. The number of hydrogen-bond acceptors (Lipinski definition) is 2. The average molecular weight is 283 g/mol. The zero-order valence-corrected chi connectivity index (χ0v) is 12.0. The van der Waals surface area contributed by atoms with Crippen LogP contribution in [0.3, 0.4) is 0 Å². The molecule has 0 radical (unpaired) electrons. The maximum Gasteiger partial charge on any atom is 0.124 e. The minimum absolute atomic E-state index is 0.165. The molecule has 1 aromatic rings. The summed E-state index contributed by atoms with van der Waals surface area (Å²) in [5, 5.41) is 4.19. The molecule has 2 nitrogen and oxygen atoms in total. The van der Waals surface area contributed by atoms with Crippen LogP contribution in [0.5, 0.6) is 0 Å². The Balaban J connectivity index is 1.69. The molecule has 3 saturated heterocycles. The molecular weight excluding hydrogens is 263 g/mol. The van der Waals surface area contributed by atoms with Gasteiger partial charge in [0.15, 0.2) is 0 Å². The van der Waals surface area contributed by atoms with Gasteiger partial charge < -0.3 is 10.2 Å². The van der Waals surface area contributed by atoms with Crippen molar-refractivity contribution in [3.8, 4) is 0 Å². The fraction of sp³-hybridized carbons (Fsp3) is 0.600. The smallest absolute Gasteiger partial charge is 0.124 e. The minimum atomic E-state index is -0.274. The van der Waals surface area contributed by atoms with Gasteiger partial charge in [0.2, 0.25) is 0 Å². The molecule has 2 atom stereocenters. The van der Waals surface area contributed by atoms with Crippen LogP contribution in [0.4, 0.5) is 4.39 Å². The van der Waals surface area contributed by atoms with E-state index < -0.39 is 0 Å². The van der Waals surface area contributed by atoms with Crippen LogP contribution in [0, 0.1) is 11.7 Å². The van der Waals surface area contributed by atoms with Gasteiger partial charge in [-0.3, -0.25) is 0 Å². The van der Waals surface area contributed by atoms with Crippen LogP contribution < -0.4 is 5.32 Å². The molecule has 0 saturated carbocycles. The third-order valence-electron chi connectivity index (χ3n) is 4.55. The highest BCUT2D eigenvalue weighted by atomic mass is 35.5. The number of halogens is 2. The molecule has 19 heavy (non-hydrogen) atoms. The lowest BCUT2D eigenvalue weighted by molar-refractivity contribution is 0.0680. The van der Waals surface area contributed by atoms with Crippen LogP contribution in [0.2, 0.25) is 5.02 Å². The first-order valence-corrected chi connectivity index (χ1v) is 7.44. The number of fused-ring (bicyclic) bond motifs is 3. The normalized spacial score (nSPS) is 31.4. The summed E-state index contributed by atoms with van der Waals surface area (Å²) in [5.74, 6) is 0.510. The minimum Gasteiger partial charge on any atom is -0.306 e. The predicted molar refractivity (Wildman–Crippen MR) is 75.9 cm³/mol. The summed E-state index contributed by atoms with van der Waals surface area (Å²) in [6, 6.07) is 5.37. The van der Waals surface area contributed by atoms with Crippen molar-refractivity contribution >= 4 is 11.6 Å². The van der Waals surface area contributed by atoms with Crippen LogP contribution in [0.15, 0.2) is 18.2 Å². The van der Waals surface area contributed by atoms with Gasteiger partial charge in [-0.15, -0.1) is 0 Å². The lowest BCUT2D eigenvalue weighted by atomic mass is 9.83. The summed E-state index contributed by atoms with van der Waals surface area (Å²) < 4.78 is 13.1. The molecule has 1 N–H and O–H groups in total. The first kappa shape index (κ1) is 13.3. The number of rotatable bonds is 3. The van der Waals surface area contributed by atoms with Gasteiger partial charge in [0.25, 0.3) is 0 Å². The quantitative estimate of drug-likeness (QED) is 0.916. The van der Waals surface area contributed by atoms with Crippen molar-refractivity contribution in [2.45, 2.75) is 31.8 Å². The molecule has 3 fully saturated rings. The molecule has 4 rings (SSSR count). The van der Waals surface area contributed by atoms with Gasteiger partial charge in [0.05, 0.1) is 0 Å². The first-order chi connectivity index (χ1) is 9.13. The van der Waals surface area contributed by atoms with E-state index in [0.29, 0.717) is 11.1 Å². The molecule has 2 unspecified atom stereocenters. The molecule has 3 aliphatic rings. The van der Waals surface area contributed by atoms with E-state index in [1.54, 1.807) is 6.07 Å². The average Bonchev–Trinajstić information content (AvgIpc) is 2.39. The number of nitrogens with zero attached hydrogens (tertiary/aromatic N) is 1. The number of piperidine rings is 3. The van der Waals surface area contributed by atoms with Gasteiger partial charge in [0.1, 0.15) is 5.82 Å². The third kappa shape index (κ3) is 2.78. The van der Waals surface area contributed by atoms with E-state index in [9.17, 15) is 4.39 Å². The molecular formula is C15H20ClFN2. The van der Waals surface area contributed by atoms with Crippen molar-refractivity contribution in [2.24, 2.45) is 5.92 Å². The van der Waals surface area contributed by atoms with Gasteiger partial charge in [-0.1, -0.05) is 17.7 Å². The molecule has 4 heteroatoms. The highest BCUT2D eigenvalue weighted by Gasteiger charge is 2.34. The Hall–Kier alpha value is -0.640. The maximum absolute atomic E-state index is 13.1. The van der Waals surface area contributed by atoms with Crippen LogP contribution in [0.25, 0.3) is 0 Å². The standard InChI is InChI=1S/C15H20ClFN2/c1-10(13-3-2-12(17)8-14(13)16)18-15-9-19-6-4-11(15)5-7-19/h2-3,8,10-11,15,18H,4-7,9H2,1H3. The van der Waals surface area contributed by atoms with Crippen LogP contribution in [-0.2, 0) is 0 Å². The largest absolute Gasteiger partial charge is 0.306 e. The Morgan fingerprint density at radius 3 is 2.68 bits per heavy atom. The molecule has 0 amide bonds. The van der Waals surface area contributed by atoms with E-state index in [2.05, 4.69) is 17.1 Å². The second-order valence-corrected chi connectivity index (χ2v) is 6.21. The Morgan fingerprint density at radius 1 is 1.37 bits per heavy atom. The van der Waals surface area contributed by atoms with E-state index in [4.69, 9.17) is 11.6 Å². The third-order valence-corrected chi connectivity index (χ3v) is 4.88. The molecule has 3 heterocycles. The Morgan fingerprint density at radius 2 is 2.11 bits per heavy atom. The molecule has 2 bridgehead atoms. The fourth-order valence-corrected chi connectivity index (χ4v) is 3.75. The summed E-state index contributed by atoms with van der Waals surface area (Å²) in [7, 11) is 0. The monoisotopic (exact) mass is 282 g/mol. The number of nitrogens with one attached hydrogen (secondary N) is 1. The van der Waals surface area contributed by atoms with E-state index >= 15 is 0 Å². The Kier molecular flexibility index (Phi) is 3.79. The summed E-state index contributed by atoms with van der Waals surface area (Å²) >= 11 is 6.13. The van der Waals surface area contributed by atoms with Gasteiger partial charge >= 0.3 is 0 Å². The molecule has 0 aliphatic carbocycles. The molecule has 1 aromatic carbocycles. The summed E-state index contributed by atoms with van der Waals surface area (Å²) in [5.41, 5.74) is 0.986. The van der Waals surface area contributed by atoms with Crippen molar-refractivity contribution in [1.82, 2.24) is 10.2 Å². The zero-order valence-electron chi connectivity index (χ0n) is 11.2. The molecule has 0 spiro atoms. The second-order valence-electron chi connectivity index (χ2n) is 5.80. The van der Waals surface area contributed by atoms with Gasteiger partial charge in [-0.05, 0) is 56.5 Å². The van der Waals surface area contributed by atoms with Gasteiger partial charge in [-0.2, -0.15) is 0 Å². The van der Waals surface area contributed by atoms with Crippen molar-refractivity contribution in [3.63, 3.8) is 0 Å². The van der Waals surface area contributed by atoms with Crippen LogP contribution in [0.1, 0.15) is 31.4 Å². The fourth-order valence-electron chi connectivity index (χ4n) is 3.42. The lowest BCUT2D eigenvalue weighted by Gasteiger charge is -2.46. The number of benzene rings is 1. The maximum atomic E-state index is 13.1. The zero-order chi connectivity index (χ0) is 13.4. The van der Waals surface area contributed by atoms with Crippen molar-refractivity contribution in [1.29, 1.82) is 0 Å². The lowest BCUT2D eigenvalue weighted by Crippen LogP contribution is -2.56. The van der Waals surface area contributed by atoms with Crippen molar-refractivity contribution in [2.75, 3.05) is 19.6 Å². The second kappa shape index (κ2) is 5.39. The van der Waals surface area contributed by atoms with E-state index in [1.165, 1.54) is 38.1 Å². The molecule has 3 aliphatic heterocycles. The summed E-state index contributed by atoms with van der Waals surface area (Å²) in [6.07, 6.45) is 2.59. The Labute approximate surface area is 118 Å². The van der Waals surface area contributed by atoms with Gasteiger partial charge in [0, 0.05) is 23.7 Å². The first-order valence-electron chi connectivity index (χ1n) is 7.07. The highest BCUT2D eigenvalue weighted by Crippen LogP contribution is 2.30. The van der Waals surface area contributed by atoms with Crippen molar-refractivity contribution < 1.29 is 4.39 Å². The topological polar surface area (TPSA) is 15.3 Å². The Bertz CT molecular complexity index is 457. The van der Waals surface area contributed by atoms with E-state index in [0.717, 1.165) is 18.0 Å². The number of hydrogen-bond donors (Lipinski definition) is 1. The summed E-state index contributed by atoms with van der Waals surface area (Å²) in [6.45, 7) is 5.73. The molecule has 0 aromatic heterocycles. The SMILES string of the molecule is CC(NC1CN2CCC1CC2)c1ccc(F)cc1Cl. The molecule has 104 valence electrons. The van der Waals surface area contributed by atoms with Crippen LogP contribution in [-0.4, -0.2) is 30.6 Å². The van der Waals surface area contributed by atoms with Crippen molar-refractivity contribution in [3.05, 3.63) is 34.6 Å². The van der Waals surface area contributed by atoms with E-state index in [1.807, 2.05) is 0 Å². The van der Waals surface area contributed by atoms with E-state index in [-0.39, 0.29) is 11.9 Å². The van der Waals surface area contributed by atoms with Gasteiger partial charge in [-0.25, -0.2) is 4.39 Å². The van der Waals surface area contributed by atoms with Crippen LogP contribution >= 0.6 is 11.6 Å². The summed E-state index contributed by atoms with van der Waals surface area (Å²) in [4.78, 5) is 2.52.